The van der Waals surface area contributed by atoms with Crippen LogP contribution in [0.1, 0.15) is 13.3 Å². The van der Waals surface area contributed by atoms with Crippen molar-refractivity contribution in [3.05, 3.63) is 17.5 Å². The van der Waals surface area contributed by atoms with Crippen molar-refractivity contribution >= 4 is 29.2 Å². The highest BCUT2D eigenvalue weighted by Gasteiger charge is 2.22. The van der Waals surface area contributed by atoms with E-state index in [1.165, 1.54) is 0 Å². The molecule has 0 spiro atoms. The van der Waals surface area contributed by atoms with Gasteiger partial charge in [0.1, 0.15) is 0 Å². The Hall–Kier alpha value is -0.480. The van der Waals surface area contributed by atoms with E-state index in [4.69, 9.17) is 11.6 Å². The van der Waals surface area contributed by atoms with E-state index >= 15 is 0 Å². The number of halogens is 1. The Bertz CT molecular complexity index is 321. The minimum absolute atomic E-state index is 0.456. The van der Waals surface area contributed by atoms with Crippen molar-refractivity contribution in [2.45, 2.75) is 24.6 Å². The molecule has 1 saturated heterocycles. The van der Waals surface area contributed by atoms with Crippen LogP contribution in [0.25, 0.3) is 0 Å². The van der Waals surface area contributed by atoms with Crippen LogP contribution in [0.5, 0.6) is 0 Å². The molecule has 2 rings (SSSR count). The van der Waals surface area contributed by atoms with Gasteiger partial charge in [0.25, 0.3) is 0 Å². The summed E-state index contributed by atoms with van der Waals surface area (Å²) in [5, 5.41) is 4.49. The van der Waals surface area contributed by atoms with E-state index in [0.29, 0.717) is 17.0 Å². The van der Waals surface area contributed by atoms with Gasteiger partial charge >= 0.3 is 0 Å². The number of hydrogen-bond donors (Lipinski definition) is 1. The van der Waals surface area contributed by atoms with Crippen LogP contribution < -0.4 is 5.32 Å². The van der Waals surface area contributed by atoms with Crippen LogP contribution in [0.3, 0.4) is 0 Å². The summed E-state index contributed by atoms with van der Waals surface area (Å²) in [6, 6.07) is 0.476. The van der Waals surface area contributed by atoms with Gasteiger partial charge in [-0.25, -0.2) is 9.97 Å². The summed E-state index contributed by atoms with van der Waals surface area (Å²) in [4.78, 5) is 8.13. The summed E-state index contributed by atoms with van der Waals surface area (Å²) in [7, 11) is 0. The van der Waals surface area contributed by atoms with Crippen LogP contribution in [-0.4, -0.2) is 27.0 Å². The Balaban J connectivity index is 2.01. The number of hydrogen-bond acceptors (Lipinski definition) is 4. The normalized spacial score (nSPS) is 26.4. The van der Waals surface area contributed by atoms with Crippen molar-refractivity contribution in [2.75, 3.05) is 11.1 Å². The summed E-state index contributed by atoms with van der Waals surface area (Å²) in [5.74, 6) is 1.82. The zero-order chi connectivity index (χ0) is 9.97. The Kier molecular flexibility index (Phi) is 3.13. The molecule has 2 atom stereocenters. The summed E-state index contributed by atoms with van der Waals surface area (Å²) < 4.78 is 0. The Morgan fingerprint density at radius 2 is 2.29 bits per heavy atom. The summed E-state index contributed by atoms with van der Waals surface area (Å²) in [5.41, 5.74) is 0. The molecule has 76 valence electrons. The van der Waals surface area contributed by atoms with Crippen molar-refractivity contribution in [1.82, 2.24) is 9.97 Å². The molecule has 2 unspecified atom stereocenters. The molecule has 1 fully saturated rings. The highest BCUT2D eigenvalue weighted by molar-refractivity contribution is 8.00. The van der Waals surface area contributed by atoms with Gasteiger partial charge in [-0.3, -0.25) is 0 Å². The van der Waals surface area contributed by atoms with Crippen LogP contribution in [-0.2, 0) is 0 Å². The molecule has 1 N–H and O–H groups in total. The van der Waals surface area contributed by atoms with E-state index in [9.17, 15) is 0 Å². The van der Waals surface area contributed by atoms with Crippen molar-refractivity contribution in [3.63, 3.8) is 0 Å². The lowest BCUT2D eigenvalue weighted by Gasteiger charge is -2.12. The van der Waals surface area contributed by atoms with Crippen LogP contribution in [0.2, 0.25) is 5.15 Å². The second-order valence-electron chi connectivity index (χ2n) is 3.42. The van der Waals surface area contributed by atoms with E-state index < -0.39 is 0 Å². The zero-order valence-corrected chi connectivity index (χ0v) is 9.48. The van der Waals surface area contributed by atoms with E-state index in [2.05, 4.69) is 22.2 Å². The fraction of sp³-hybridized carbons (Fsp3) is 0.556. The molecule has 0 saturated carbocycles. The maximum Gasteiger partial charge on any atom is 0.171 e. The number of thioether (sulfide) groups is 1. The molecule has 1 aromatic rings. The first-order chi connectivity index (χ1) is 6.75. The minimum atomic E-state index is 0.456. The highest BCUT2D eigenvalue weighted by atomic mass is 35.5. The summed E-state index contributed by atoms with van der Waals surface area (Å²) >= 11 is 7.87. The molecule has 0 radical (unpaired) electrons. The van der Waals surface area contributed by atoms with Gasteiger partial charge in [-0.15, -0.1) is 0 Å². The predicted molar refractivity (Wildman–Crippen MR) is 61.0 cm³/mol. The summed E-state index contributed by atoms with van der Waals surface area (Å²) in [6.07, 6.45) is 4.41. The quantitative estimate of drug-likeness (QED) is 0.846. The molecule has 0 aromatic carbocycles. The first kappa shape index (κ1) is 10.1. The molecule has 0 bridgehead atoms. The standard InChI is InChI=1S/C9H12ClN3S/c1-6-4-7(5-14-6)13-9-8(10)11-2-3-12-9/h2-3,6-7H,4-5H2,1H3,(H,12,13). The molecule has 0 amide bonds. The van der Waals surface area contributed by atoms with Crippen molar-refractivity contribution in [1.29, 1.82) is 0 Å². The van der Waals surface area contributed by atoms with Gasteiger partial charge in [0.2, 0.25) is 0 Å². The SMILES string of the molecule is CC1CC(Nc2nccnc2Cl)CS1. The lowest BCUT2D eigenvalue weighted by molar-refractivity contribution is 0.742. The van der Waals surface area contributed by atoms with Crippen LogP contribution in [0.15, 0.2) is 12.4 Å². The third-order valence-corrected chi connectivity index (χ3v) is 3.83. The Morgan fingerprint density at radius 3 is 2.93 bits per heavy atom. The minimum Gasteiger partial charge on any atom is -0.364 e. The molecule has 3 nitrogen and oxygen atoms in total. The van der Waals surface area contributed by atoms with Gasteiger partial charge in [-0.1, -0.05) is 18.5 Å². The van der Waals surface area contributed by atoms with Gasteiger partial charge in [-0.2, -0.15) is 11.8 Å². The van der Waals surface area contributed by atoms with Crippen LogP contribution in [0.4, 0.5) is 5.82 Å². The number of aromatic nitrogens is 2. The molecule has 5 heteroatoms. The lowest BCUT2D eigenvalue weighted by atomic mass is 10.2. The van der Waals surface area contributed by atoms with Gasteiger partial charge in [0.15, 0.2) is 11.0 Å². The smallest absolute Gasteiger partial charge is 0.171 e. The zero-order valence-electron chi connectivity index (χ0n) is 7.90. The average Bonchev–Trinajstić information content (AvgIpc) is 2.56. The number of rotatable bonds is 2. The third-order valence-electron chi connectivity index (χ3n) is 2.19. The molecule has 1 aromatic heterocycles. The molecule has 0 aliphatic carbocycles. The maximum absolute atomic E-state index is 5.90. The predicted octanol–water partition coefficient (Wildman–Crippen LogP) is 2.44. The second-order valence-corrected chi connectivity index (χ2v) is 5.25. The average molecular weight is 230 g/mol. The van der Waals surface area contributed by atoms with Gasteiger partial charge < -0.3 is 5.32 Å². The molecule has 1 aliphatic heterocycles. The first-order valence-corrected chi connectivity index (χ1v) is 6.03. The van der Waals surface area contributed by atoms with Crippen LogP contribution in [0, 0.1) is 0 Å². The topological polar surface area (TPSA) is 37.8 Å². The Labute approximate surface area is 92.7 Å². The largest absolute Gasteiger partial charge is 0.364 e. The first-order valence-electron chi connectivity index (χ1n) is 4.60. The highest BCUT2D eigenvalue weighted by Crippen LogP contribution is 2.28. The van der Waals surface area contributed by atoms with E-state index in [1.54, 1.807) is 12.4 Å². The van der Waals surface area contributed by atoms with E-state index in [1.807, 2.05) is 11.8 Å². The molecule has 14 heavy (non-hydrogen) atoms. The fourth-order valence-corrected chi connectivity index (χ4v) is 2.84. The summed E-state index contributed by atoms with van der Waals surface area (Å²) in [6.45, 7) is 2.24. The monoisotopic (exact) mass is 229 g/mol. The molecular weight excluding hydrogens is 218 g/mol. The molecule has 2 heterocycles. The molecular formula is C9H12ClN3S. The van der Waals surface area contributed by atoms with Crippen molar-refractivity contribution < 1.29 is 0 Å². The lowest BCUT2D eigenvalue weighted by Crippen LogP contribution is -2.20. The van der Waals surface area contributed by atoms with Crippen molar-refractivity contribution in [2.24, 2.45) is 0 Å². The van der Waals surface area contributed by atoms with Gasteiger partial charge in [-0.05, 0) is 6.42 Å². The van der Waals surface area contributed by atoms with Crippen LogP contribution >= 0.6 is 23.4 Å². The number of nitrogens with one attached hydrogen (secondary N) is 1. The molecule has 1 aliphatic rings. The Morgan fingerprint density at radius 1 is 1.50 bits per heavy atom. The van der Waals surface area contributed by atoms with Crippen molar-refractivity contribution in [3.8, 4) is 0 Å². The second kappa shape index (κ2) is 4.36. The van der Waals surface area contributed by atoms with Gasteiger partial charge in [0, 0.05) is 29.4 Å². The van der Waals surface area contributed by atoms with Gasteiger partial charge in [0.05, 0.1) is 0 Å². The van der Waals surface area contributed by atoms with E-state index in [0.717, 1.165) is 17.4 Å². The number of nitrogens with zero attached hydrogens (tertiary/aromatic N) is 2. The maximum atomic E-state index is 5.90. The third kappa shape index (κ3) is 2.30. The van der Waals surface area contributed by atoms with E-state index in [-0.39, 0.29) is 0 Å². The fourth-order valence-electron chi connectivity index (χ4n) is 1.53. The number of anilines is 1.